The first kappa shape index (κ1) is 17.4. The highest BCUT2D eigenvalue weighted by Crippen LogP contribution is 2.31. The van der Waals surface area contributed by atoms with Crippen LogP contribution in [0.15, 0.2) is 35.0 Å². The predicted molar refractivity (Wildman–Crippen MR) is 100 cm³/mol. The van der Waals surface area contributed by atoms with Gasteiger partial charge < -0.3 is 9.26 Å². The molecule has 0 saturated carbocycles. The van der Waals surface area contributed by atoms with Crippen LogP contribution in [-0.4, -0.2) is 60.3 Å². The van der Waals surface area contributed by atoms with Crippen molar-refractivity contribution in [2.24, 2.45) is 0 Å². The van der Waals surface area contributed by atoms with Crippen LogP contribution in [0.3, 0.4) is 0 Å². The molecule has 0 aliphatic carbocycles. The van der Waals surface area contributed by atoms with Crippen LogP contribution in [0.1, 0.15) is 10.6 Å². The molecule has 1 saturated heterocycles. The lowest BCUT2D eigenvalue weighted by Gasteiger charge is -2.28. The fraction of sp³-hybridized carbons (Fsp3) is 0.353. The number of benzene rings is 1. The van der Waals surface area contributed by atoms with Crippen LogP contribution in [0.5, 0.6) is 0 Å². The van der Waals surface area contributed by atoms with E-state index in [0.717, 1.165) is 43.1 Å². The number of carbonyl (C=O) groups is 1. The molecule has 0 spiro atoms. The molecule has 9 heteroatoms. The van der Waals surface area contributed by atoms with Crippen molar-refractivity contribution in [1.82, 2.24) is 15.0 Å². The molecule has 136 valence electrons. The van der Waals surface area contributed by atoms with Gasteiger partial charge >= 0.3 is 0 Å². The number of morpholine rings is 1. The molecule has 1 amide bonds. The first-order valence-corrected chi connectivity index (χ1v) is 9.49. The number of hydrogen-bond donors (Lipinski definition) is 0. The van der Waals surface area contributed by atoms with Crippen LogP contribution >= 0.6 is 22.9 Å². The van der Waals surface area contributed by atoms with E-state index in [1.807, 2.05) is 12.1 Å². The lowest BCUT2D eigenvalue weighted by atomic mass is 10.3. The Bertz CT molecular complexity index is 893. The first-order valence-electron chi connectivity index (χ1n) is 8.29. The van der Waals surface area contributed by atoms with Gasteiger partial charge in [-0.3, -0.25) is 14.6 Å². The smallest absolute Gasteiger partial charge is 0.298 e. The van der Waals surface area contributed by atoms with Gasteiger partial charge in [0, 0.05) is 37.3 Å². The molecular weight excluding hydrogens is 376 g/mol. The van der Waals surface area contributed by atoms with Crippen LogP contribution < -0.4 is 4.90 Å². The fourth-order valence-corrected chi connectivity index (χ4v) is 4.08. The normalized spacial score (nSPS) is 15.4. The Hall–Kier alpha value is -2.00. The van der Waals surface area contributed by atoms with E-state index in [2.05, 4.69) is 15.0 Å². The summed E-state index contributed by atoms with van der Waals surface area (Å²) in [6.07, 6.45) is 1.46. The van der Waals surface area contributed by atoms with Crippen LogP contribution in [0.4, 0.5) is 5.13 Å². The largest absolute Gasteiger partial charge is 0.379 e. The minimum atomic E-state index is -0.249. The fourth-order valence-electron chi connectivity index (χ4n) is 2.81. The van der Waals surface area contributed by atoms with Crippen LogP contribution in [-0.2, 0) is 4.74 Å². The number of aromatic nitrogens is 2. The molecule has 1 aliphatic heterocycles. The van der Waals surface area contributed by atoms with E-state index in [1.165, 1.54) is 17.5 Å². The molecule has 0 radical (unpaired) electrons. The molecule has 7 nitrogen and oxygen atoms in total. The second-order valence-electron chi connectivity index (χ2n) is 5.90. The van der Waals surface area contributed by atoms with Crippen molar-refractivity contribution in [3.05, 3.63) is 41.2 Å². The minimum absolute atomic E-state index is 0.198. The molecule has 0 N–H and O–H groups in total. The Morgan fingerprint density at radius 2 is 2.15 bits per heavy atom. The Balaban J connectivity index is 1.60. The van der Waals surface area contributed by atoms with Gasteiger partial charge in [-0.1, -0.05) is 28.1 Å². The Labute approximate surface area is 159 Å². The highest BCUT2D eigenvalue weighted by molar-refractivity contribution is 7.22. The summed E-state index contributed by atoms with van der Waals surface area (Å²) in [5, 5.41) is 4.91. The number of fused-ring (bicyclic) bond motifs is 1. The summed E-state index contributed by atoms with van der Waals surface area (Å²) in [5.74, 6) is -0.0508. The summed E-state index contributed by atoms with van der Waals surface area (Å²) in [7, 11) is 0. The van der Waals surface area contributed by atoms with E-state index < -0.39 is 0 Å². The summed E-state index contributed by atoms with van der Waals surface area (Å²) in [6, 6.07) is 7.08. The SMILES string of the molecule is O=C(c1ccno1)N(CCN1CCOCC1)c1nc2ccc(Cl)cc2s1. The van der Waals surface area contributed by atoms with Gasteiger partial charge in [-0.2, -0.15) is 0 Å². The van der Waals surface area contributed by atoms with Gasteiger partial charge in [-0.25, -0.2) is 4.98 Å². The van der Waals surface area contributed by atoms with Gasteiger partial charge in [-0.15, -0.1) is 0 Å². The molecule has 26 heavy (non-hydrogen) atoms. The highest BCUT2D eigenvalue weighted by Gasteiger charge is 2.25. The molecule has 1 fully saturated rings. The average Bonchev–Trinajstić information content (AvgIpc) is 3.32. The quantitative estimate of drug-likeness (QED) is 0.664. The lowest BCUT2D eigenvalue weighted by molar-refractivity contribution is 0.0390. The molecule has 0 unspecified atom stereocenters. The number of anilines is 1. The van der Waals surface area contributed by atoms with Gasteiger partial charge in [0.25, 0.3) is 5.91 Å². The van der Waals surface area contributed by atoms with Crippen molar-refractivity contribution in [2.75, 3.05) is 44.3 Å². The molecule has 0 atom stereocenters. The van der Waals surface area contributed by atoms with Crippen molar-refractivity contribution in [3.8, 4) is 0 Å². The third-order valence-corrected chi connectivity index (χ3v) is 5.48. The second-order valence-corrected chi connectivity index (χ2v) is 7.34. The summed E-state index contributed by atoms with van der Waals surface area (Å²) in [6.45, 7) is 4.40. The van der Waals surface area contributed by atoms with Crippen LogP contribution in [0, 0.1) is 0 Å². The van der Waals surface area contributed by atoms with Crippen LogP contribution in [0.25, 0.3) is 10.2 Å². The number of rotatable bonds is 5. The maximum Gasteiger partial charge on any atom is 0.298 e. The number of amides is 1. The maximum absolute atomic E-state index is 12.9. The zero-order chi connectivity index (χ0) is 17.9. The number of halogens is 1. The van der Waals surface area contributed by atoms with Gasteiger partial charge in [0.1, 0.15) is 0 Å². The Morgan fingerprint density at radius 3 is 2.92 bits per heavy atom. The second kappa shape index (κ2) is 7.71. The number of hydrogen-bond acceptors (Lipinski definition) is 7. The standard InChI is InChI=1S/C17H17ClN4O3S/c18-12-1-2-13-15(11-12)26-17(20-13)22(16(23)14-3-4-19-25-14)6-5-21-7-9-24-10-8-21/h1-4,11H,5-10H2. The van der Waals surface area contributed by atoms with Crippen molar-refractivity contribution >= 4 is 44.2 Å². The number of ether oxygens (including phenoxy) is 1. The van der Waals surface area contributed by atoms with Crippen molar-refractivity contribution in [2.45, 2.75) is 0 Å². The average molecular weight is 393 g/mol. The summed E-state index contributed by atoms with van der Waals surface area (Å²) < 4.78 is 11.4. The zero-order valence-corrected chi connectivity index (χ0v) is 15.5. The summed E-state index contributed by atoms with van der Waals surface area (Å²) in [5.41, 5.74) is 0.816. The molecule has 4 rings (SSSR count). The highest BCUT2D eigenvalue weighted by atomic mass is 35.5. The number of thiazole rings is 1. The zero-order valence-electron chi connectivity index (χ0n) is 13.9. The lowest BCUT2D eigenvalue weighted by Crippen LogP contribution is -2.43. The predicted octanol–water partition coefficient (Wildman–Crippen LogP) is 2.92. The number of carbonyl (C=O) groups excluding carboxylic acids is 1. The summed E-state index contributed by atoms with van der Waals surface area (Å²) in [4.78, 5) is 21.4. The van der Waals surface area contributed by atoms with Gasteiger partial charge in [0.05, 0.1) is 29.6 Å². The third-order valence-electron chi connectivity index (χ3n) is 4.21. The minimum Gasteiger partial charge on any atom is -0.379 e. The molecule has 2 aromatic heterocycles. The molecular formula is C17H17ClN4O3S. The molecule has 0 bridgehead atoms. The van der Waals surface area contributed by atoms with Crippen molar-refractivity contribution in [3.63, 3.8) is 0 Å². The van der Waals surface area contributed by atoms with E-state index in [9.17, 15) is 4.79 Å². The van der Waals surface area contributed by atoms with Gasteiger partial charge in [0.15, 0.2) is 5.13 Å². The van der Waals surface area contributed by atoms with Gasteiger partial charge in [-0.05, 0) is 18.2 Å². The topological polar surface area (TPSA) is 71.7 Å². The molecule has 3 aromatic rings. The number of nitrogens with zero attached hydrogens (tertiary/aromatic N) is 4. The van der Waals surface area contributed by atoms with E-state index >= 15 is 0 Å². The van der Waals surface area contributed by atoms with E-state index in [1.54, 1.807) is 17.0 Å². The molecule has 1 aliphatic rings. The molecule has 3 heterocycles. The molecule has 1 aromatic carbocycles. The monoisotopic (exact) mass is 392 g/mol. The van der Waals surface area contributed by atoms with E-state index in [4.69, 9.17) is 20.9 Å². The summed E-state index contributed by atoms with van der Waals surface area (Å²) >= 11 is 7.51. The van der Waals surface area contributed by atoms with Crippen molar-refractivity contribution < 1.29 is 14.1 Å². The Morgan fingerprint density at radius 1 is 1.31 bits per heavy atom. The van der Waals surface area contributed by atoms with E-state index in [-0.39, 0.29) is 11.7 Å². The maximum atomic E-state index is 12.9. The van der Waals surface area contributed by atoms with Crippen LogP contribution in [0.2, 0.25) is 5.02 Å². The third kappa shape index (κ3) is 3.73. The Kier molecular flexibility index (Phi) is 5.16. The van der Waals surface area contributed by atoms with Gasteiger partial charge in [0.2, 0.25) is 5.76 Å². The van der Waals surface area contributed by atoms with Crippen molar-refractivity contribution in [1.29, 1.82) is 0 Å². The first-order chi connectivity index (χ1) is 12.7. The van der Waals surface area contributed by atoms with E-state index in [0.29, 0.717) is 16.7 Å².